The van der Waals surface area contributed by atoms with E-state index in [1.807, 2.05) is 0 Å². The lowest BCUT2D eigenvalue weighted by Crippen LogP contribution is -2.67. The Morgan fingerprint density at radius 3 is 2.18 bits per heavy atom. The number of fused-ring (bicyclic) bond motifs is 7. The maximum Gasteiger partial charge on any atom is 0.139 e. The summed E-state index contributed by atoms with van der Waals surface area (Å²) in [5, 5.41) is 22.7. The topological polar surface area (TPSA) is 57.5 Å². The third-order valence-corrected chi connectivity index (χ3v) is 13.3. The number of ketones is 1. The Morgan fingerprint density at radius 2 is 1.53 bits per heavy atom. The van der Waals surface area contributed by atoms with Crippen molar-refractivity contribution in [2.75, 3.05) is 0 Å². The van der Waals surface area contributed by atoms with Crippen molar-refractivity contribution in [2.24, 2.45) is 50.2 Å². The van der Waals surface area contributed by atoms with E-state index in [0.29, 0.717) is 11.8 Å². The molecule has 9 atom stereocenters. The number of aliphatic hydroxyl groups excluding tert-OH is 2. The van der Waals surface area contributed by atoms with Gasteiger partial charge in [-0.25, -0.2) is 0 Å². The number of carbonyl (C=O) groups excluding carboxylic acids is 1. The molecule has 0 aliphatic heterocycles. The summed E-state index contributed by atoms with van der Waals surface area (Å²) < 4.78 is 0. The van der Waals surface area contributed by atoms with Crippen LogP contribution >= 0.6 is 0 Å². The second-order valence-corrected chi connectivity index (χ2v) is 15.4. The van der Waals surface area contributed by atoms with Gasteiger partial charge in [0.25, 0.3) is 0 Å². The highest BCUT2D eigenvalue weighted by Crippen LogP contribution is 2.75. The summed E-state index contributed by atoms with van der Waals surface area (Å²) in [5.74, 6) is 1.44. The fourth-order valence-corrected chi connectivity index (χ4v) is 11.0. The molecule has 5 rings (SSSR count). The molecule has 0 bridgehead atoms. The van der Waals surface area contributed by atoms with Gasteiger partial charge in [-0.2, -0.15) is 0 Å². The maximum absolute atomic E-state index is 13.2. The number of rotatable bonds is 1. The lowest BCUT2D eigenvalue weighted by atomic mass is 9.33. The van der Waals surface area contributed by atoms with Crippen LogP contribution in [0, 0.1) is 50.2 Å². The molecule has 0 aromatic heterocycles. The van der Waals surface area contributed by atoms with E-state index in [4.69, 9.17) is 0 Å². The largest absolute Gasteiger partial charge is 0.393 e. The van der Waals surface area contributed by atoms with Crippen LogP contribution in [0.4, 0.5) is 0 Å². The van der Waals surface area contributed by atoms with Gasteiger partial charge in [0, 0.05) is 0 Å². The van der Waals surface area contributed by atoms with Crippen LogP contribution in [0.3, 0.4) is 0 Å². The zero-order valence-corrected chi connectivity index (χ0v) is 23.1. The summed E-state index contributed by atoms with van der Waals surface area (Å²) >= 11 is 0. The van der Waals surface area contributed by atoms with Crippen LogP contribution in [0.25, 0.3) is 0 Å². The fraction of sp³-hybridized carbons (Fsp3) is 0.903. The fourth-order valence-electron chi connectivity index (χ4n) is 11.0. The summed E-state index contributed by atoms with van der Waals surface area (Å²) in [7, 11) is 0. The molecule has 0 aromatic carbocycles. The van der Waals surface area contributed by atoms with Crippen molar-refractivity contribution >= 4 is 5.78 Å². The first kappa shape index (κ1) is 25.0. The van der Waals surface area contributed by atoms with Crippen molar-refractivity contribution in [2.45, 2.75) is 125 Å². The van der Waals surface area contributed by atoms with Gasteiger partial charge in [0.15, 0.2) is 0 Å². The minimum atomic E-state index is -0.595. The number of allylic oxidation sites excluding steroid dienone is 2. The lowest BCUT2D eigenvalue weighted by Gasteiger charge is -2.71. The van der Waals surface area contributed by atoms with Gasteiger partial charge in [-0.15, -0.1) is 0 Å². The van der Waals surface area contributed by atoms with Crippen molar-refractivity contribution in [3.8, 4) is 0 Å². The van der Waals surface area contributed by atoms with Gasteiger partial charge in [0.1, 0.15) is 5.78 Å². The highest BCUT2D eigenvalue weighted by Gasteiger charge is 2.70. The van der Waals surface area contributed by atoms with Crippen LogP contribution in [-0.2, 0) is 4.79 Å². The summed E-state index contributed by atoms with van der Waals surface area (Å²) in [4.78, 5) is 13.2. The highest BCUT2D eigenvalue weighted by atomic mass is 16.3. The molecule has 5 aliphatic carbocycles. The molecule has 3 heteroatoms. The van der Waals surface area contributed by atoms with Gasteiger partial charge < -0.3 is 10.2 Å². The number of hydrogen-bond acceptors (Lipinski definition) is 3. The van der Waals surface area contributed by atoms with Crippen LogP contribution in [0.15, 0.2) is 11.6 Å². The minimum Gasteiger partial charge on any atom is -0.393 e. The van der Waals surface area contributed by atoms with Gasteiger partial charge >= 0.3 is 0 Å². The van der Waals surface area contributed by atoms with E-state index in [0.717, 1.165) is 57.8 Å². The Labute approximate surface area is 208 Å². The van der Waals surface area contributed by atoms with Crippen LogP contribution in [0.5, 0.6) is 0 Å². The smallest absolute Gasteiger partial charge is 0.139 e. The molecule has 0 spiro atoms. The molecule has 0 heterocycles. The quantitative estimate of drug-likeness (QED) is 0.419. The number of aliphatic hydroxyl groups is 2. The normalized spacial score (nSPS) is 53.5. The van der Waals surface area contributed by atoms with E-state index in [-0.39, 0.29) is 44.9 Å². The first-order valence-corrected chi connectivity index (χ1v) is 14.1. The van der Waals surface area contributed by atoms with E-state index >= 15 is 0 Å². The molecule has 0 saturated heterocycles. The molecule has 0 aromatic rings. The molecule has 2 N–H and O–H groups in total. The van der Waals surface area contributed by atoms with E-state index in [1.54, 1.807) is 6.92 Å². The van der Waals surface area contributed by atoms with Gasteiger partial charge in [0.05, 0.1) is 17.6 Å². The number of hydrogen-bond donors (Lipinski definition) is 2. The van der Waals surface area contributed by atoms with Crippen molar-refractivity contribution in [3.63, 3.8) is 0 Å². The Hall–Kier alpha value is -0.670. The molecular weight excluding hydrogens is 420 g/mol. The first-order valence-electron chi connectivity index (χ1n) is 14.1. The molecule has 5 aliphatic rings. The molecule has 3 nitrogen and oxygen atoms in total. The Bertz CT molecular complexity index is 916. The van der Waals surface area contributed by atoms with Gasteiger partial charge in [-0.1, -0.05) is 60.1 Å². The van der Waals surface area contributed by atoms with Crippen molar-refractivity contribution in [3.05, 3.63) is 11.6 Å². The SMILES string of the molecule is CC(=O)[C@]12CCC(C)(C)CC1C1=CCC3[C@@]4(C)CC[C@H](O)C(C)(C)C4CC[C@@]3(C)[C@]1(C)C[C@H]2O. The van der Waals surface area contributed by atoms with E-state index in [9.17, 15) is 15.0 Å². The third-order valence-electron chi connectivity index (χ3n) is 13.3. The van der Waals surface area contributed by atoms with Crippen LogP contribution in [-0.4, -0.2) is 28.2 Å². The van der Waals surface area contributed by atoms with Gasteiger partial charge in [-0.05, 0) is 110 Å². The second-order valence-electron chi connectivity index (χ2n) is 15.4. The van der Waals surface area contributed by atoms with Crippen LogP contribution < -0.4 is 0 Å². The minimum absolute atomic E-state index is 0.0531. The standard InChI is InChI=1S/C31H50O3/c1-19(32)31-16-15-26(2,3)17-21(31)20-9-10-23-28(6)13-12-24(33)27(4,5)22(28)11-14-29(23,7)30(20,8)18-25(31)34/h9,21-25,33-34H,10-18H2,1-8H3/t21?,22?,23?,24-,25+,28-,29+,30+,31+/m0/s1. The van der Waals surface area contributed by atoms with Crippen molar-refractivity contribution < 1.29 is 15.0 Å². The molecule has 192 valence electrons. The number of Topliss-reactive ketones (excluding diaryl/α,β-unsaturated/α-hetero) is 1. The first-order chi connectivity index (χ1) is 15.6. The lowest BCUT2D eigenvalue weighted by molar-refractivity contribution is -0.214. The van der Waals surface area contributed by atoms with Crippen LogP contribution in [0.2, 0.25) is 0 Å². The van der Waals surface area contributed by atoms with E-state index in [1.165, 1.54) is 5.57 Å². The van der Waals surface area contributed by atoms with Crippen LogP contribution in [0.1, 0.15) is 113 Å². The summed E-state index contributed by atoms with van der Waals surface area (Å²) in [6, 6.07) is 0. The average Bonchev–Trinajstić information content (AvgIpc) is 2.71. The van der Waals surface area contributed by atoms with Gasteiger partial charge in [-0.3, -0.25) is 4.79 Å². The Balaban J connectivity index is 1.63. The zero-order valence-electron chi connectivity index (χ0n) is 23.1. The average molecular weight is 471 g/mol. The molecule has 34 heavy (non-hydrogen) atoms. The molecule has 4 saturated carbocycles. The van der Waals surface area contributed by atoms with Crippen molar-refractivity contribution in [1.29, 1.82) is 0 Å². The predicted octanol–water partition coefficient (Wildman–Crippen LogP) is 6.71. The monoisotopic (exact) mass is 470 g/mol. The second kappa shape index (κ2) is 7.21. The Morgan fingerprint density at radius 1 is 0.853 bits per heavy atom. The zero-order chi connectivity index (χ0) is 25.1. The number of carbonyl (C=O) groups is 1. The highest BCUT2D eigenvalue weighted by molar-refractivity contribution is 5.84. The third kappa shape index (κ3) is 2.86. The van der Waals surface area contributed by atoms with Crippen molar-refractivity contribution in [1.82, 2.24) is 0 Å². The molecule has 4 fully saturated rings. The van der Waals surface area contributed by atoms with Gasteiger partial charge in [0.2, 0.25) is 0 Å². The maximum atomic E-state index is 13.2. The predicted molar refractivity (Wildman–Crippen MR) is 137 cm³/mol. The summed E-state index contributed by atoms with van der Waals surface area (Å²) in [5.41, 5.74) is 1.29. The molecule has 0 amide bonds. The molecule has 3 unspecified atom stereocenters. The molecular formula is C31H50O3. The molecule has 0 radical (unpaired) electrons. The van der Waals surface area contributed by atoms with E-state index in [2.05, 4.69) is 54.5 Å². The Kier molecular flexibility index (Phi) is 5.30. The van der Waals surface area contributed by atoms with E-state index < -0.39 is 11.5 Å². The summed E-state index contributed by atoms with van der Waals surface area (Å²) in [6.07, 6.45) is 10.7. The summed E-state index contributed by atoms with van der Waals surface area (Å²) in [6.45, 7) is 18.5.